The van der Waals surface area contributed by atoms with Gasteiger partial charge in [0.2, 0.25) is 0 Å². The number of carbonyl (C=O) groups is 1. The first-order chi connectivity index (χ1) is 12.2. The van der Waals surface area contributed by atoms with Crippen LogP contribution in [0.3, 0.4) is 0 Å². The van der Waals surface area contributed by atoms with Crippen molar-refractivity contribution in [3.8, 4) is 5.69 Å². The number of carbonyl (C=O) groups excluding carboxylic acids is 1. The van der Waals surface area contributed by atoms with Gasteiger partial charge < -0.3 is 10.6 Å². The van der Waals surface area contributed by atoms with E-state index in [0.717, 1.165) is 48.2 Å². The molecule has 144 valence electrons. The Bertz CT molecular complexity index is 923. The molecule has 0 spiro atoms. The quantitative estimate of drug-likeness (QED) is 0.694. The van der Waals surface area contributed by atoms with E-state index < -0.39 is 0 Å². The molecule has 0 bridgehead atoms. The monoisotopic (exact) mass is 408 g/mol. The Balaban J connectivity index is 0.00000131. The molecule has 1 aliphatic heterocycles. The molecule has 3 heterocycles. The lowest BCUT2D eigenvalue weighted by molar-refractivity contribution is 0.0923. The van der Waals surface area contributed by atoms with Crippen molar-refractivity contribution in [1.29, 1.82) is 0 Å². The predicted molar refractivity (Wildman–Crippen MR) is 109 cm³/mol. The van der Waals surface area contributed by atoms with Gasteiger partial charge in [-0.3, -0.25) is 9.78 Å². The Morgan fingerprint density at radius 2 is 2.00 bits per heavy atom. The summed E-state index contributed by atoms with van der Waals surface area (Å²) in [4.78, 5) is 16.9. The summed E-state index contributed by atoms with van der Waals surface area (Å²) in [6, 6.07) is 9.98. The van der Waals surface area contributed by atoms with Gasteiger partial charge in [-0.15, -0.1) is 29.9 Å². The molecule has 0 unspecified atom stereocenters. The minimum Gasteiger partial charge on any atom is -0.348 e. The van der Waals surface area contributed by atoms with Gasteiger partial charge in [0.25, 0.3) is 5.91 Å². The summed E-state index contributed by atoms with van der Waals surface area (Å²) >= 11 is 0. The number of halogens is 2. The Labute approximate surface area is 169 Å². The van der Waals surface area contributed by atoms with Crippen molar-refractivity contribution >= 4 is 41.6 Å². The maximum atomic E-state index is 12.5. The van der Waals surface area contributed by atoms with Crippen molar-refractivity contribution in [1.82, 2.24) is 30.6 Å². The predicted octanol–water partition coefficient (Wildman–Crippen LogP) is 2.45. The van der Waals surface area contributed by atoms with E-state index in [-0.39, 0.29) is 36.8 Å². The van der Waals surface area contributed by atoms with Crippen LogP contribution in [0.25, 0.3) is 16.6 Å². The van der Waals surface area contributed by atoms with Crippen LogP contribution in [-0.2, 0) is 0 Å². The highest BCUT2D eigenvalue weighted by atomic mass is 35.5. The first kappa shape index (κ1) is 21.1. The van der Waals surface area contributed by atoms with E-state index in [1.165, 1.54) is 0 Å². The molecule has 1 amide bonds. The molecule has 0 saturated carbocycles. The van der Waals surface area contributed by atoms with Gasteiger partial charge in [-0.1, -0.05) is 11.3 Å². The molecule has 27 heavy (non-hydrogen) atoms. The number of amides is 1. The summed E-state index contributed by atoms with van der Waals surface area (Å²) < 4.78 is 1.70. The van der Waals surface area contributed by atoms with Crippen LogP contribution in [0, 0.1) is 6.92 Å². The van der Waals surface area contributed by atoms with Crippen molar-refractivity contribution in [3.05, 3.63) is 47.9 Å². The highest BCUT2D eigenvalue weighted by Crippen LogP contribution is 2.18. The van der Waals surface area contributed by atoms with E-state index in [4.69, 9.17) is 0 Å². The van der Waals surface area contributed by atoms with Crippen LogP contribution in [-0.4, -0.2) is 45.0 Å². The number of hydrogen-bond donors (Lipinski definition) is 2. The van der Waals surface area contributed by atoms with E-state index in [0.29, 0.717) is 5.69 Å². The van der Waals surface area contributed by atoms with E-state index in [1.807, 2.05) is 37.3 Å². The second-order valence-electron chi connectivity index (χ2n) is 6.31. The van der Waals surface area contributed by atoms with Gasteiger partial charge in [0.1, 0.15) is 0 Å². The van der Waals surface area contributed by atoms with Crippen LogP contribution < -0.4 is 10.6 Å². The van der Waals surface area contributed by atoms with Gasteiger partial charge >= 0.3 is 0 Å². The summed E-state index contributed by atoms with van der Waals surface area (Å²) in [5.74, 6) is -0.155. The molecule has 4 rings (SSSR count). The average molecular weight is 409 g/mol. The molecule has 2 N–H and O–H groups in total. The summed E-state index contributed by atoms with van der Waals surface area (Å²) in [6.45, 7) is 3.73. The summed E-state index contributed by atoms with van der Waals surface area (Å²) in [6.07, 6.45) is 3.65. The molecule has 2 aromatic heterocycles. The number of nitrogens with one attached hydrogen (secondary N) is 2. The molecule has 0 aliphatic carbocycles. The van der Waals surface area contributed by atoms with Gasteiger partial charge in [0, 0.05) is 17.6 Å². The second-order valence-corrected chi connectivity index (χ2v) is 6.31. The summed E-state index contributed by atoms with van der Waals surface area (Å²) in [5, 5.41) is 15.7. The number of benzene rings is 1. The fourth-order valence-corrected chi connectivity index (χ4v) is 3.20. The number of rotatable bonds is 3. The molecular weight excluding hydrogens is 387 g/mol. The molecular formula is C18H22Cl2N6O. The Hall–Kier alpha value is -2.22. The van der Waals surface area contributed by atoms with Crippen LogP contribution in [0.1, 0.15) is 29.0 Å². The third-order valence-corrected chi connectivity index (χ3v) is 4.62. The van der Waals surface area contributed by atoms with Crippen molar-refractivity contribution in [2.45, 2.75) is 25.8 Å². The third-order valence-electron chi connectivity index (χ3n) is 4.62. The molecule has 9 heteroatoms. The topological polar surface area (TPSA) is 84.7 Å². The Morgan fingerprint density at radius 1 is 1.22 bits per heavy atom. The van der Waals surface area contributed by atoms with Gasteiger partial charge in [-0.25, -0.2) is 4.68 Å². The zero-order chi connectivity index (χ0) is 17.2. The van der Waals surface area contributed by atoms with Gasteiger partial charge in [0.15, 0.2) is 5.69 Å². The minimum absolute atomic E-state index is 0. The van der Waals surface area contributed by atoms with E-state index in [2.05, 4.69) is 25.9 Å². The van der Waals surface area contributed by atoms with Gasteiger partial charge in [-0.05, 0) is 57.1 Å². The third kappa shape index (κ3) is 4.37. The number of aromatic nitrogens is 4. The molecule has 1 aliphatic rings. The standard InChI is InChI=1S/C18H20N6O.2ClH/c1-12-17(18(25)21-14-6-9-19-10-7-14)22-23-24(12)15-4-5-16-13(11-15)3-2-8-20-16;;/h2-5,8,11,14,19H,6-7,9-10H2,1H3,(H,21,25);2*1H. The largest absolute Gasteiger partial charge is 0.348 e. The van der Waals surface area contributed by atoms with Crippen LogP contribution in [0.5, 0.6) is 0 Å². The van der Waals surface area contributed by atoms with Crippen molar-refractivity contribution in [2.75, 3.05) is 13.1 Å². The van der Waals surface area contributed by atoms with Crippen molar-refractivity contribution < 1.29 is 4.79 Å². The second kappa shape index (κ2) is 9.12. The number of hydrogen-bond acceptors (Lipinski definition) is 5. The first-order valence-electron chi connectivity index (χ1n) is 8.51. The molecule has 0 atom stereocenters. The fourth-order valence-electron chi connectivity index (χ4n) is 3.20. The lowest BCUT2D eigenvalue weighted by Crippen LogP contribution is -2.43. The highest BCUT2D eigenvalue weighted by Gasteiger charge is 2.21. The van der Waals surface area contributed by atoms with Crippen LogP contribution in [0.4, 0.5) is 0 Å². The average Bonchev–Trinajstić information content (AvgIpc) is 3.04. The number of pyridine rings is 1. The first-order valence-corrected chi connectivity index (χ1v) is 8.51. The maximum Gasteiger partial charge on any atom is 0.273 e. The normalized spacial score (nSPS) is 14.3. The zero-order valence-electron chi connectivity index (χ0n) is 14.9. The molecule has 3 aromatic rings. The molecule has 7 nitrogen and oxygen atoms in total. The lowest BCUT2D eigenvalue weighted by Gasteiger charge is -2.23. The van der Waals surface area contributed by atoms with Crippen LogP contribution >= 0.6 is 24.8 Å². The van der Waals surface area contributed by atoms with Crippen LogP contribution in [0.2, 0.25) is 0 Å². The number of fused-ring (bicyclic) bond motifs is 1. The van der Waals surface area contributed by atoms with Crippen LogP contribution in [0.15, 0.2) is 36.5 Å². The van der Waals surface area contributed by atoms with Crippen molar-refractivity contribution in [2.24, 2.45) is 0 Å². The van der Waals surface area contributed by atoms with E-state index in [1.54, 1.807) is 10.9 Å². The van der Waals surface area contributed by atoms with E-state index in [9.17, 15) is 4.79 Å². The van der Waals surface area contributed by atoms with Gasteiger partial charge in [-0.2, -0.15) is 0 Å². The summed E-state index contributed by atoms with van der Waals surface area (Å²) in [7, 11) is 0. The number of nitrogens with zero attached hydrogens (tertiary/aromatic N) is 4. The molecule has 1 aromatic carbocycles. The lowest BCUT2D eigenvalue weighted by atomic mass is 10.1. The summed E-state index contributed by atoms with van der Waals surface area (Å²) in [5.41, 5.74) is 2.90. The number of piperidine rings is 1. The van der Waals surface area contributed by atoms with Gasteiger partial charge in [0.05, 0.1) is 16.9 Å². The fraction of sp³-hybridized carbons (Fsp3) is 0.333. The smallest absolute Gasteiger partial charge is 0.273 e. The Kier molecular flexibility index (Phi) is 7.12. The van der Waals surface area contributed by atoms with E-state index >= 15 is 0 Å². The minimum atomic E-state index is -0.155. The molecule has 1 saturated heterocycles. The zero-order valence-corrected chi connectivity index (χ0v) is 16.5. The maximum absolute atomic E-state index is 12.5. The molecule has 0 radical (unpaired) electrons. The molecule has 1 fully saturated rings. The Morgan fingerprint density at radius 3 is 2.78 bits per heavy atom. The highest BCUT2D eigenvalue weighted by molar-refractivity contribution is 5.93. The SMILES string of the molecule is Cc1c(C(=O)NC2CCNCC2)nnn1-c1ccc2ncccc2c1.Cl.Cl. The van der Waals surface area contributed by atoms with Crippen molar-refractivity contribution in [3.63, 3.8) is 0 Å².